The van der Waals surface area contributed by atoms with E-state index in [1.807, 2.05) is 0 Å². The van der Waals surface area contributed by atoms with Gasteiger partial charge < -0.3 is 9.80 Å². The minimum Gasteiger partial charge on any atom is -0.311 e. The summed E-state index contributed by atoms with van der Waals surface area (Å²) in [4.78, 5) is 4.87. The fourth-order valence-electron chi connectivity index (χ4n) is 13.1. The third kappa shape index (κ3) is 6.21. The monoisotopic (exact) mass is 814 g/mol. The van der Waals surface area contributed by atoms with Gasteiger partial charge in [0.15, 0.2) is 0 Å². The first-order valence-electron chi connectivity index (χ1n) is 23.3. The van der Waals surface area contributed by atoms with Crippen LogP contribution in [0.1, 0.15) is 68.2 Å². The zero-order valence-electron chi connectivity index (χ0n) is 36.4. The SMILES string of the molecule is CC1(C)c2ccccc2-c2ccc(N(c3ccc(-c4ccccc4)cc3)c3ccc(C4(c5ccc(N(c6ccccc6)c6ccccc6)cc5)C5CC6CC(C5)CC4C6)cc3)cc21. The minimum absolute atomic E-state index is 0.0136. The Morgan fingerprint density at radius 1 is 0.349 bits per heavy atom. The van der Waals surface area contributed by atoms with Crippen molar-refractivity contribution in [1.82, 2.24) is 0 Å². The molecule has 0 heterocycles. The van der Waals surface area contributed by atoms with Gasteiger partial charge >= 0.3 is 0 Å². The highest BCUT2D eigenvalue weighted by Gasteiger charge is 2.58. The largest absolute Gasteiger partial charge is 0.311 e. The summed E-state index contributed by atoms with van der Waals surface area (Å²) in [6.07, 6.45) is 6.78. The van der Waals surface area contributed by atoms with Crippen LogP contribution in [0.4, 0.5) is 34.1 Å². The lowest BCUT2D eigenvalue weighted by Gasteiger charge is -2.62. The van der Waals surface area contributed by atoms with Crippen LogP contribution in [0.25, 0.3) is 22.3 Å². The van der Waals surface area contributed by atoms with Gasteiger partial charge in [-0.2, -0.15) is 0 Å². The highest BCUT2D eigenvalue weighted by atomic mass is 15.1. The highest BCUT2D eigenvalue weighted by Crippen LogP contribution is 2.65. The summed E-state index contributed by atoms with van der Waals surface area (Å²) < 4.78 is 0. The van der Waals surface area contributed by atoms with Crippen LogP contribution in [-0.4, -0.2) is 0 Å². The third-order valence-electron chi connectivity index (χ3n) is 15.7. The average molecular weight is 815 g/mol. The minimum atomic E-state index is -0.0880. The van der Waals surface area contributed by atoms with E-state index in [1.165, 1.54) is 105 Å². The Morgan fingerprint density at radius 2 is 0.746 bits per heavy atom. The van der Waals surface area contributed by atoms with Gasteiger partial charge in [0.1, 0.15) is 0 Å². The van der Waals surface area contributed by atoms with Crippen LogP contribution in [0.15, 0.2) is 206 Å². The van der Waals surface area contributed by atoms with E-state index in [-0.39, 0.29) is 10.8 Å². The van der Waals surface area contributed by atoms with Crippen LogP contribution in [0.5, 0.6) is 0 Å². The van der Waals surface area contributed by atoms with Crippen LogP contribution < -0.4 is 9.80 Å². The van der Waals surface area contributed by atoms with Crippen molar-refractivity contribution >= 4 is 34.1 Å². The molecule has 2 heteroatoms. The Labute approximate surface area is 373 Å². The predicted octanol–water partition coefficient (Wildman–Crippen LogP) is 16.3. The van der Waals surface area contributed by atoms with Gasteiger partial charge in [0.05, 0.1) is 0 Å². The zero-order chi connectivity index (χ0) is 42.1. The van der Waals surface area contributed by atoms with Crippen molar-refractivity contribution in [2.45, 2.75) is 56.8 Å². The van der Waals surface area contributed by atoms with Crippen molar-refractivity contribution in [3.8, 4) is 22.3 Å². The Morgan fingerprint density at radius 3 is 1.29 bits per heavy atom. The Bertz CT molecular complexity index is 2830. The number of benzene rings is 8. The van der Waals surface area contributed by atoms with Crippen LogP contribution >= 0.6 is 0 Å². The molecule has 0 aromatic heterocycles. The van der Waals surface area contributed by atoms with Crippen LogP contribution in [0.3, 0.4) is 0 Å². The van der Waals surface area contributed by atoms with Crippen molar-refractivity contribution in [3.63, 3.8) is 0 Å². The van der Waals surface area contributed by atoms with Crippen molar-refractivity contribution in [3.05, 3.63) is 229 Å². The van der Waals surface area contributed by atoms with Crippen molar-refractivity contribution in [1.29, 1.82) is 0 Å². The number of hydrogen-bond donors (Lipinski definition) is 0. The molecule has 0 spiro atoms. The molecular weight excluding hydrogens is 761 g/mol. The van der Waals surface area contributed by atoms with E-state index in [4.69, 9.17) is 0 Å². The molecule has 4 fully saturated rings. The molecule has 0 radical (unpaired) electrons. The molecule has 8 aromatic rings. The highest BCUT2D eigenvalue weighted by molar-refractivity contribution is 5.86. The molecule has 5 aliphatic carbocycles. The van der Waals surface area contributed by atoms with E-state index >= 15 is 0 Å². The second-order valence-corrected chi connectivity index (χ2v) is 19.4. The summed E-state index contributed by atoms with van der Waals surface area (Å²) in [5, 5.41) is 0. The molecule has 0 N–H and O–H groups in total. The smallest absolute Gasteiger partial charge is 0.0465 e. The van der Waals surface area contributed by atoms with Gasteiger partial charge in [-0.3, -0.25) is 0 Å². The molecule has 63 heavy (non-hydrogen) atoms. The van der Waals surface area contributed by atoms with Gasteiger partial charge in [-0.15, -0.1) is 0 Å². The maximum absolute atomic E-state index is 2.52. The average Bonchev–Trinajstić information content (AvgIpc) is 3.56. The van der Waals surface area contributed by atoms with Gasteiger partial charge in [-0.05, 0) is 173 Å². The normalized spacial score (nSPS) is 22.3. The zero-order valence-corrected chi connectivity index (χ0v) is 36.4. The molecule has 0 atom stereocenters. The van der Waals surface area contributed by atoms with Crippen LogP contribution in [-0.2, 0) is 10.8 Å². The van der Waals surface area contributed by atoms with Gasteiger partial charge in [0.2, 0.25) is 0 Å². The molecular formula is C61H54N2. The Hall–Kier alpha value is -6.64. The van der Waals surface area contributed by atoms with Gasteiger partial charge in [-0.25, -0.2) is 0 Å². The Balaban J connectivity index is 0.962. The number of rotatable bonds is 9. The molecule has 0 unspecified atom stereocenters. The summed E-state index contributed by atoms with van der Waals surface area (Å²) in [6, 6.07) is 77.3. The van der Waals surface area contributed by atoms with Crippen LogP contribution in [0, 0.1) is 23.7 Å². The molecule has 13 rings (SSSR count). The first-order valence-corrected chi connectivity index (χ1v) is 23.3. The third-order valence-corrected chi connectivity index (χ3v) is 15.7. The van der Waals surface area contributed by atoms with Gasteiger partial charge in [0.25, 0.3) is 0 Å². The maximum atomic E-state index is 2.52. The summed E-state index contributed by atoms with van der Waals surface area (Å²) in [5.41, 5.74) is 17.9. The van der Waals surface area contributed by atoms with E-state index in [1.54, 1.807) is 0 Å². The summed E-state index contributed by atoms with van der Waals surface area (Å²) >= 11 is 0. The second-order valence-electron chi connectivity index (χ2n) is 19.4. The van der Waals surface area contributed by atoms with Crippen LogP contribution in [0.2, 0.25) is 0 Å². The fraction of sp³-hybridized carbons (Fsp3) is 0.213. The van der Waals surface area contributed by atoms with Crippen molar-refractivity contribution in [2.24, 2.45) is 23.7 Å². The van der Waals surface area contributed by atoms with E-state index in [2.05, 4.69) is 230 Å². The summed E-state index contributed by atoms with van der Waals surface area (Å²) in [5.74, 6) is 3.03. The Kier molecular flexibility index (Phi) is 9.08. The molecule has 2 nitrogen and oxygen atoms in total. The quantitative estimate of drug-likeness (QED) is 0.143. The van der Waals surface area contributed by atoms with Crippen molar-refractivity contribution < 1.29 is 0 Å². The lowest BCUT2D eigenvalue weighted by molar-refractivity contribution is -0.0418. The lowest BCUT2D eigenvalue weighted by atomic mass is 9.42. The number of anilines is 6. The first kappa shape index (κ1) is 38.1. The molecule has 0 aliphatic heterocycles. The summed E-state index contributed by atoms with van der Waals surface area (Å²) in [6.45, 7) is 4.76. The predicted molar refractivity (Wildman–Crippen MR) is 263 cm³/mol. The lowest BCUT2D eigenvalue weighted by Crippen LogP contribution is -2.56. The second kappa shape index (κ2) is 15.0. The molecule has 8 aromatic carbocycles. The molecule has 4 bridgehead atoms. The molecule has 4 saturated carbocycles. The maximum Gasteiger partial charge on any atom is 0.0465 e. The van der Waals surface area contributed by atoms with E-state index in [0.717, 1.165) is 17.5 Å². The van der Waals surface area contributed by atoms with Crippen molar-refractivity contribution in [2.75, 3.05) is 9.80 Å². The van der Waals surface area contributed by atoms with E-state index in [9.17, 15) is 0 Å². The van der Waals surface area contributed by atoms with E-state index < -0.39 is 0 Å². The number of nitrogens with zero attached hydrogens (tertiary/aromatic N) is 2. The fourth-order valence-corrected chi connectivity index (χ4v) is 13.1. The number of hydrogen-bond acceptors (Lipinski definition) is 2. The van der Waals surface area contributed by atoms with Gasteiger partial charge in [-0.1, -0.05) is 147 Å². The molecule has 0 amide bonds. The van der Waals surface area contributed by atoms with E-state index in [0.29, 0.717) is 11.8 Å². The summed E-state index contributed by atoms with van der Waals surface area (Å²) in [7, 11) is 0. The standard InChI is InChI=1S/C61H54N2/c1-60(2)58-21-13-12-20-56(58)57-35-34-55(41-59(57)60)63(52-28-22-45(23-29-52)44-14-6-3-7-15-44)54-32-26-47(27-33-54)61(48-37-42-36-43(39-48)40-49(61)38-42)46-24-30-53(31-25-46)62(50-16-8-4-9-17-50)51-18-10-5-11-19-51/h3-35,41-43,48-49H,36-40H2,1-2H3. The number of fused-ring (bicyclic) bond motifs is 3. The molecule has 0 saturated heterocycles. The molecule has 5 aliphatic rings. The first-order chi connectivity index (χ1) is 30.9. The topological polar surface area (TPSA) is 6.48 Å². The van der Waals surface area contributed by atoms with Gasteiger partial charge in [0, 0.05) is 45.0 Å². The molecule has 308 valence electrons. The number of para-hydroxylation sites is 2.